The first-order valence-electron chi connectivity index (χ1n) is 10.5. The molecule has 0 amide bonds. The summed E-state index contributed by atoms with van der Waals surface area (Å²) in [4.78, 5) is 12.5. The van der Waals surface area contributed by atoms with Crippen LogP contribution in [0.15, 0.2) is 18.2 Å². The minimum absolute atomic E-state index is 0.149. The van der Waals surface area contributed by atoms with Crippen LogP contribution in [0.3, 0.4) is 0 Å². The maximum atomic E-state index is 13.6. The standard InChI is InChI=1S/C22H38NO5P/c1-9-18(10-2)27-22(24)17(7)23-29(25,14-26-8)28-21-19(15(3)4)12-11-13-20(21)16(5)6/h11-13,15-18H,9-10,14H2,1-8H3,(H,23,25)/t17-,29?/m0/s1. The highest BCUT2D eigenvalue weighted by atomic mass is 31.2. The minimum atomic E-state index is -3.52. The fraction of sp³-hybridized carbons (Fsp3) is 0.682. The third-order valence-electron chi connectivity index (χ3n) is 4.80. The summed E-state index contributed by atoms with van der Waals surface area (Å²) in [7, 11) is -2.06. The van der Waals surface area contributed by atoms with Crippen LogP contribution in [0, 0.1) is 0 Å². The largest absolute Gasteiger partial charge is 0.461 e. The van der Waals surface area contributed by atoms with Gasteiger partial charge in [-0.1, -0.05) is 59.7 Å². The van der Waals surface area contributed by atoms with E-state index in [1.807, 2.05) is 32.0 Å². The second kappa shape index (κ2) is 11.7. The molecule has 2 atom stereocenters. The van der Waals surface area contributed by atoms with Gasteiger partial charge < -0.3 is 14.0 Å². The van der Waals surface area contributed by atoms with Crippen molar-refractivity contribution in [2.24, 2.45) is 0 Å². The lowest BCUT2D eigenvalue weighted by atomic mass is 9.94. The minimum Gasteiger partial charge on any atom is -0.461 e. The molecule has 1 unspecified atom stereocenters. The first-order valence-corrected chi connectivity index (χ1v) is 12.3. The number of para-hydroxylation sites is 1. The van der Waals surface area contributed by atoms with Gasteiger partial charge in [-0.15, -0.1) is 0 Å². The molecule has 0 saturated carbocycles. The lowest BCUT2D eigenvalue weighted by Crippen LogP contribution is -2.37. The molecule has 0 aliphatic rings. The lowest BCUT2D eigenvalue weighted by Gasteiger charge is -2.27. The first-order chi connectivity index (χ1) is 13.6. The fourth-order valence-corrected chi connectivity index (χ4v) is 4.79. The van der Waals surface area contributed by atoms with E-state index in [0.29, 0.717) is 5.75 Å². The van der Waals surface area contributed by atoms with Crippen molar-refractivity contribution in [2.45, 2.75) is 85.3 Å². The Balaban J connectivity index is 3.17. The smallest absolute Gasteiger partial charge is 0.342 e. The molecule has 29 heavy (non-hydrogen) atoms. The number of hydrogen-bond acceptors (Lipinski definition) is 5. The van der Waals surface area contributed by atoms with Gasteiger partial charge in [-0.25, -0.2) is 5.09 Å². The molecule has 166 valence electrons. The molecule has 7 heteroatoms. The third-order valence-corrected chi connectivity index (χ3v) is 6.65. The van der Waals surface area contributed by atoms with E-state index >= 15 is 0 Å². The number of methoxy groups -OCH3 is 1. The molecule has 0 fully saturated rings. The van der Waals surface area contributed by atoms with E-state index in [4.69, 9.17) is 14.0 Å². The normalized spacial score (nSPS) is 14.9. The van der Waals surface area contributed by atoms with Gasteiger partial charge in [0.25, 0.3) is 0 Å². The van der Waals surface area contributed by atoms with Crippen LogP contribution in [-0.4, -0.2) is 31.6 Å². The molecule has 1 aromatic rings. The Bertz CT molecular complexity index is 674. The molecule has 0 heterocycles. The molecule has 6 nitrogen and oxygen atoms in total. The molecule has 0 saturated heterocycles. The number of hydrogen-bond donors (Lipinski definition) is 1. The summed E-state index contributed by atoms with van der Waals surface area (Å²) in [5.41, 5.74) is 1.95. The van der Waals surface area contributed by atoms with Crippen LogP contribution in [0.25, 0.3) is 0 Å². The van der Waals surface area contributed by atoms with Gasteiger partial charge in [0.1, 0.15) is 24.2 Å². The van der Waals surface area contributed by atoms with E-state index in [1.54, 1.807) is 6.92 Å². The molecule has 1 rings (SSSR count). The predicted octanol–water partition coefficient (Wildman–Crippen LogP) is 5.82. The molecular formula is C22H38NO5P. The van der Waals surface area contributed by atoms with Gasteiger partial charge in [-0.2, -0.15) is 0 Å². The molecule has 0 spiro atoms. The average Bonchev–Trinajstić information content (AvgIpc) is 2.65. The van der Waals surface area contributed by atoms with Crippen LogP contribution in [0.1, 0.15) is 84.3 Å². The van der Waals surface area contributed by atoms with E-state index in [-0.39, 0.29) is 24.3 Å². The zero-order valence-electron chi connectivity index (χ0n) is 19.2. The molecule has 0 aromatic heterocycles. The summed E-state index contributed by atoms with van der Waals surface area (Å²) in [6, 6.07) is 5.16. The van der Waals surface area contributed by atoms with Crippen molar-refractivity contribution in [1.82, 2.24) is 5.09 Å². The van der Waals surface area contributed by atoms with Crippen LogP contribution >= 0.6 is 7.52 Å². The molecular weight excluding hydrogens is 389 g/mol. The molecule has 0 bridgehead atoms. The number of nitrogens with one attached hydrogen (secondary N) is 1. The Morgan fingerprint density at radius 2 is 1.55 bits per heavy atom. The van der Waals surface area contributed by atoms with Crippen molar-refractivity contribution in [2.75, 3.05) is 13.5 Å². The number of carbonyl (C=O) groups is 1. The summed E-state index contributed by atoms with van der Waals surface area (Å²) in [5, 5.41) is 2.86. The zero-order chi connectivity index (χ0) is 22.2. The number of benzene rings is 1. The van der Waals surface area contributed by atoms with E-state index in [9.17, 15) is 9.36 Å². The average molecular weight is 428 g/mol. The molecule has 0 aliphatic heterocycles. The summed E-state index contributed by atoms with van der Waals surface area (Å²) in [6.45, 7) is 13.8. The molecule has 0 radical (unpaired) electrons. The SMILES string of the molecule is CCC(CC)OC(=O)[C@H](C)NP(=O)(COC)Oc1c(C(C)C)cccc1C(C)C. The second-order valence-corrected chi connectivity index (χ2v) is 10.0. The van der Waals surface area contributed by atoms with E-state index < -0.39 is 19.5 Å². The Hall–Kier alpha value is -1.36. The first kappa shape index (κ1) is 25.7. The summed E-state index contributed by atoms with van der Waals surface area (Å²) in [6.07, 6.45) is 1.17. The quantitative estimate of drug-likeness (QED) is 0.335. The van der Waals surface area contributed by atoms with Crippen molar-refractivity contribution >= 4 is 13.5 Å². The molecule has 1 aromatic carbocycles. The van der Waals surface area contributed by atoms with Gasteiger partial charge in [0.15, 0.2) is 0 Å². The maximum absolute atomic E-state index is 13.6. The Morgan fingerprint density at radius 1 is 1.03 bits per heavy atom. The summed E-state index contributed by atoms with van der Waals surface area (Å²) in [5.74, 6) is 0.541. The Kier molecular flexibility index (Phi) is 10.4. The summed E-state index contributed by atoms with van der Waals surface area (Å²) >= 11 is 0. The van der Waals surface area contributed by atoms with Gasteiger partial charge >= 0.3 is 13.5 Å². The highest BCUT2D eigenvalue weighted by Gasteiger charge is 2.33. The van der Waals surface area contributed by atoms with Gasteiger partial charge in [-0.3, -0.25) is 9.36 Å². The van der Waals surface area contributed by atoms with Gasteiger partial charge in [-0.05, 0) is 42.7 Å². The number of ether oxygens (including phenoxy) is 2. The third kappa shape index (κ3) is 7.44. The Labute approximate surface area is 176 Å². The molecule has 0 aliphatic carbocycles. The van der Waals surface area contributed by atoms with Crippen molar-refractivity contribution in [1.29, 1.82) is 0 Å². The van der Waals surface area contributed by atoms with Gasteiger partial charge in [0.05, 0.1) is 0 Å². The Morgan fingerprint density at radius 3 is 1.97 bits per heavy atom. The lowest BCUT2D eigenvalue weighted by molar-refractivity contribution is -0.151. The van der Waals surface area contributed by atoms with E-state index in [1.165, 1.54) is 7.11 Å². The van der Waals surface area contributed by atoms with Gasteiger partial charge in [0.2, 0.25) is 0 Å². The van der Waals surface area contributed by atoms with Crippen molar-refractivity contribution < 1.29 is 23.4 Å². The fourth-order valence-electron chi connectivity index (χ4n) is 3.06. The van der Waals surface area contributed by atoms with Crippen molar-refractivity contribution in [3.8, 4) is 5.75 Å². The van der Waals surface area contributed by atoms with Crippen LogP contribution in [0.4, 0.5) is 0 Å². The predicted molar refractivity (Wildman–Crippen MR) is 118 cm³/mol. The van der Waals surface area contributed by atoms with Crippen LogP contribution in [0.2, 0.25) is 0 Å². The zero-order valence-corrected chi connectivity index (χ0v) is 20.0. The monoisotopic (exact) mass is 427 g/mol. The van der Waals surface area contributed by atoms with Crippen molar-refractivity contribution in [3.63, 3.8) is 0 Å². The number of rotatable bonds is 12. The number of carbonyl (C=O) groups excluding carboxylic acids is 1. The molecule has 1 N–H and O–H groups in total. The van der Waals surface area contributed by atoms with Crippen LogP contribution in [0.5, 0.6) is 5.75 Å². The van der Waals surface area contributed by atoms with Crippen molar-refractivity contribution in [3.05, 3.63) is 29.3 Å². The van der Waals surface area contributed by atoms with Crippen LogP contribution in [-0.2, 0) is 18.8 Å². The second-order valence-electron chi connectivity index (χ2n) is 7.98. The highest BCUT2D eigenvalue weighted by molar-refractivity contribution is 7.57. The van der Waals surface area contributed by atoms with Crippen LogP contribution < -0.4 is 9.61 Å². The highest BCUT2D eigenvalue weighted by Crippen LogP contribution is 2.48. The van der Waals surface area contributed by atoms with E-state index in [2.05, 4.69) is 32.8 Å². The van der Waals surface area contributed by atoms with E-state index in [0.717, 1.165) is 24.0 Å². The van der Waals surface area contributed by atoms with Gasteiger partial charge in [0, 0.05) is 7.11 Å². The number of esters is 1. The topological polar surface area (TPSA) is 73.9 Å². The summed E-state index contributed by atoms with van der Waals surface area (Å²) < 4.78 is 30.4. The maximum Gasteiger partial charge on any atom is 0.342 e.